The van der Waals surface area contributed by atoms with Gasteiger partial charge in [-0.05, 0) is 32.2 Å². The molecular formula is C15H27N3S. The standard InChI is InChI=1S/C15H27N3S/c1-4-16-12(2)14-10-17-15(19-14)18(3)11-13-8-6-5-7-9-13/h10,12-13,16H,4-9,11H2,1-3H3. The van der Waals surface area contributed by atoms with Crippen LogP contribution in [0.2, 0.25) is 0 Å². The van der Waals surface area contributed by atoms with Gasteiger partial charge < -0.3 is 10.2 Å². The summed E-state index contributed by atoms with van der Waals surface area (Å²) in [7, 11) is 2.19. The van der Waals surface area contributed by atoms with Crippen molar-refractivity contribution >= 4 is 16.5 Å². The summed E-state index contributed by atoms with van der Waals surface area (Å²) >= 11 is 1.83. The van der Waals surface area contributed by atoms with Crippen LogP contribution in [-0.2, 0) is 0 Å². The van der Waals surface area contributed by atoms with Crippen molar-refractivity contribution in [3.05, 3.63) is 11.1 Å². The highest BCUT2D eigenvalue weighted by Crippen LogP contribution is 2.29. The minimum Gasteiger partial charge on any atom is -0.351 e. The summed E-state index contributed by atoms with van der Waals surface area (Å²) in [5.41, 5.74) is 0. The number of rotatable bonds is 6. The van der Waals surface area contributed by atoms with E-state index in [9.17, 15) is 0 Å². The van der Waals surface area contributed by atoms with E-state index < -0.39 is 0 Å². The smallest absolute Gasteiger partial charge is 0.185 e. The second-order valence-corrected chi connectivity index (χ2v) is 6.75. The van der Waals surface area contributed by atoms with Crippen molar-refractivity contribution in [2.75, 3.05) is 25.0 Å². The molecule has 1 aliphatic rings. The second-order valence-electron chi connectivity index (χ2n) is 5.71. The maximum atomic E-state index is 4.59. The van der Waals surface area contributed by atoms with Crippen molar-refractivity contribution in [1.29, 1.82) is 0 Å². The predicted molar refractivity (Wildman–Crippen MR) is 84.1 cm³/mol. The van der Waals surface area contributed by atoms with E-state index in [2.05, 4.69) is 36.1 Å². The third kappa shape index (κ3) is 4.18. The average Bonchev–Trinajstić information content (AvgIpc) is 2.90. The first-order chi connectivity index (χ1) is 9.20. The number of nitrogens with one attached hydrogen (secondary N) is 1. The molecule has 0 bridgehead atoms. The van der Waals surface area contributed by atoms with Crippen LogP contribution >= 0.6 is 11.3 Å². The Kier molecular flexibility index (Phi) is 5.64. The van der Waals surface area contributed by atoms with Crippen LogP contribution in [0.25, 0.3) is 0 Å². The van der Waals surface area contributed by atoms with Crippen molar-refractivity contribution in [3.63, 3.8) is 0 Å². The number of anilines is 1. The lowest BCUT2D eigenvalue weighted by Gasteiger charge is -2.26. The van der Waals surface area contributed by atoms with E-state index in [4.69, 9.17) is 0 Å². The van der Waals surface area contributed by atoms with Crippen LogP contribution in [0.4, 0.5) is 5.13 Å². The van der Waals surface area contributed by atoms with Crippen LogP contribution in [0.15, 0.2) is 6.20 Å². The maximum Gasteiger partial charge on any atom is 0.185 e. The van der Waals surface area contributed by atoms with Gasteiger partial charge in [0.15, 0.2) is 5.13 Å². The van der Waals surface area contributed by atoms with Crippen molar-refractivity contribution in [3.8, 4) is 0 Å². The topological polar surface area (TPSA) is 28.2 Å². The number of thiazole rings is 1. The Balaban J connectivity index is 1.89. The van der Waals surface area contributed by atoms with Gasteiger partial charge in [-0.25, -0.2) is 4.98 Å². The monoisotopic (exact) mass is 281 g/mol. The minimum atomic E-state index is 0.416. The zero-order valence-corrected chi connectivity index (χ0v) is 13.3. The van der Waals surface area contributed by atoms with Crippen LogP contribution < -0.4 is 10.2 Å². The maximum absolute atomic E-state index is 4.59. The summed E-state index contributed by atoms with van der Waals surface area (Å²) < 4.78 is 0. The van der Waals surface area contributed by atoms with E-state index in [-0.39, 0.29) is 0 Å². The first kappa shape index (κ1) is 14.8. The summed E-state index contributed by atoms with van der Waals surface area (Å²) in [6.45, 7) is 6.53. The van der Waals surface area contributed by atoms with Crippen LogP contribution in [0.5, 0.6) is 0 Å². The molecule has 108 valence electrons. The van der Waals surface area contributed by atoms with E-state index in [1.165, 1.54) is 48.7 Å². The molecule has 1 N–H and O–H groups in total. The van der Waals surface area contributed by atoms with Gasteiger partial charge in [0.05, 0.1) is 0 Å². The molecule has 0 aliphatic heterocycles. The van der Waals surface area contributed by atoms with Gasteiger partial charge in [0.2, 0.25) is 0 Å². The molecule has 1 aromatic rings. The van der Waals surface area contributed by atoms with Gasteiger partial charge in [-0.1, -0.05) is 26.2 Å². The first-order valence-corrected chi connectivity index (χ1v) is 8.42. The van der Waals surface area contributed by atoms with Gasteiger partial charge in [0.1, 0.15) is 0 Å². The van der Waals surface area contributed by atoms with Gasteiger partial charge in [0, 0.05) is 30.7 Å². The highest BCUT2D eigenvalue weighted by atomic mass is 32.1. The lowest BCUT2D eigenvalue weighted by Crippen LogP contribution is -2.26. The lowest BCUT2D eigenvalue weighted by molar-refractivity contribution is 0.362. The molecule has 0 amide bonds. The molecule has 4 heteroatoms. The molecule has 19 heavy (non-hydrogen) atoms. The predicted octanol–water partition coefficient (Wildman–Crippen LogP) is 3.83. The van der Waals surface area contributed by atoms with Crippen molar-refractivity contribution in [2.24, 2.45) is 5.92 Å². The molecule has 1 aliphatic carbocycles. The Morgan fingerprint density at radius 1 is 1.42 bits per heavy atom. The second kappa shape index (κ2) is 7.25. The molecule has 0 radical (unpaired) electrons. The average molecular weight is 281 g/mol. The highest BCUT2D eigenvalue weighted by Gasteiger charge is 2.17. The molecule has 1 atom stereocenters. The summed E-state index contributed by atoms with van der Waals surface area (Å²) in [5, 5.41) is 4.62. The number of hydrogen-bond donors (Lipinski definition) is 1. The van der Waals surface area contributed by atoms with Gasteiger partial charge >= 0.3 is 0 Å². The molecule has 0 aromatic carbocycles. The number of hydrogen-bond acceptors (Lipinski definition) is 4. The third-order valence-corrected chi connectivity index (χ3v) is 5.33. The molecule has 0 spiro atoms. The molecule has 1 unspecified atom stereocenters. The van der Waals surface area contributed by atoms with Gasteiger partial charge in [-0.2, -0.15) is 0 Å². The summed E-state index contributed by atoms with van der Waals surface area (Å²) in [4.78, 5) is 8.28. The number of nitrogens with zero attached hydrogens (tertiary/aromatic N) is 2. The number of aromatic nitrogens is 1. The quantitative estimate of drug-likeness (QED) is 0.859. The van der Waals surface area contributed by atoms with E-state index in [1.54, 1.807) is 0 Å². The van der Waals surface area contributed by atoms with Crippen LogP contribution in [0.1, 0.15) is 56.9 Å². The highest BCUT2D eigenvalue weighted by molar-refractivity contribution is 7.15. The Bertz CT molecular complexity index is 371. The largest absolute Gasteiger partial charge is 0.351 e. The van der Waals surface area contributed by atoms with E-state index in [1.807, 2.05) is 17.5 Å². The Hall–Kier alpha value is -0.610. The molecule has 3 nitrogen and oxygen atoms in total. The zero-order valence-electron chi connectivity index (χ0n) is 12.5. The Morgan fingerprint density at radius 3 is 2.84 bits per heavy atom. The Labute approximate surface area is 121 Å². The SMILES string of the molecule is CCNC(C)c1cnc(N(C)CC2CCCCC2)s1. The fourth-order valence-corrected chi connectivity index (χ4v) is 3.81. The van der Waals surface area contributed by atoms with Crippen molar-refractivity contribution in [1.82, 2.24) is 10.3 Å². The van der Waals surface area contributed by atoms with Crippen LogP contribution in [0, 0.1) is 5.92 Å². The molecule has 1 fully saturated rings. The minimum absolute atomic E-state index is 0.416. The lowest BCUT2D eigenvalue weighted by atomic mass is 9.89. The summed E-state index contributed by atoms with van der Waals surface area (Å²) in [6.07, 6.45) is 9.09. The molecule has 1 heterocycles. The van der Waals surface area contributed by atoms with E-state index >= 15 is 0 Å². The van der Waals surface area contributed by atoms with Gasteiger partial charge in [0.25, 0.3) is 0 Å². The van der Waals surface area contributed by atoms with E-state index in [0.29, 0.717) is 6.04 Å². The first-order valence-electron chi connectivity index (χ1n) is 7.61. The molecule has 1 saturated carbocycles. The van der Waals surface area contributed by atoms with Crippen LogP contribution in [-0.4, -0.2) is 25.1 Å². The third-order valence-electron chi connectivity index (χ3n) is 4.03. The molecule has 1 aromatic heterocycles. The molecule has 0 saturated heterocycles. The van der Waals surface area contributed by atoms with Gasteiger partial charge in [-0.3, -0.25) is 0 Å². The van der Waals surface area contributed by atoms with E-state index in [0.717, 1.165) is 12.5 Å². The zero-order chi connectivity index (χ0) is 13.7. The fraction of sp³-hybridized carbons (Fsp3) is 0.800. The Morgan fingerprint density at radius 2 is 2.16 bits per heavy atom. The van der Waals surface area contributed by atoms with Crippen molar-refractivity contribution < 1.29 is 0 Å². The van der Waals surface area contributed by atoms with Crippen molar-refractivity contribution in [2.45, 2.75) is 52.0 Å². The van der Waals surface area contributed by atoms with Crippen LogP contribution in [0.3, 0.4) is 0 Å². The molecule has 2 rings (SSSR count). The van der Waals surface area contributed by atoms with Gasteiger partial charge in [-0.15, -0.1) is 11.3 Å². The normalized spacial score (nSPS) is 18.5. The summed E-state index contributed by atoms with van der Waals surface area (Å²) in [6, 6.07) is 0.416. The fourth-order valence-electron chi connectivity index (χ4n) is 2.90. The molecular weight excluding hydrogens is 254 g/mol. The summed E-state index contributed by atoms with van der Waals surface area (Å²) in [5.74, 6) is 0.872.